The summed E-state index contributed by atoms with van der Waals surface area (Å²) in [6.07, 6.45) is -0.0470. The van der Waals surface area contributed by atoms with E-state index >= 15 is 0 Å². The molecule has 1 aromatic carbocycles. The molecule has 2 N–H and O–H groups in total. The minimum atomic E-state index is -0.425. The smallest absolute Gasteiger partial charge is 0.248 e. The van der Waals surface area contributed by atoms with E-state index in [0.717, 1.165) is 25.2 Å². The molecule has 1 saturated heterocycles. The Bertz CT molecular complexity index is 554. The Hall–Kier alpha value is -2.39. The minimum Gasteiger partial charge on any atom is -0.366 e. The number of rotatable bonds is 4. The van der Waals surface area contributed by atoms with Crippen LogP contribution in [0, 0.1) is 11.3 Å². The van der Waals surface area contributed by atoms with Gasteiger partial charge in [0.2, 0.25) is 11.8 Å². The Morgan fingerprint density at radius 3 is 2.29 bits per heavy atom. The lowest BCUT2D eigenvalue weighted by molar-refractivity contribution is -0.131. The summed E-state index contributed by atoms with van der Waals surface area (Å²) in [6, 6.07) is 9.13. The van der Waals surface area contributed by atoms with Crippen LogP contribution in [0.5, 0.6) is 0 Å². The third-order valence-corrected chi connectivity index (χ3v) is 3.60. The van der Waals surface area contributed by atoms with Gasteiger partial charge in [-0.2, -0.15) is 5.26 Å². The van der Waals surface area contributed by atoms with Gasteiger partial charge in [-0.25, -0.2) is 0 Å². The van der Waals surface area contributed by atoms with Gasteiger partial charge in [0, 0.05) is 38.3 Å². The van der Waals surface area contributed by atoms with Crippen molar-refractivity contribution in [1.82, 2.24) is 9.80 Å². The topological polar surface area (TPSA) is 90.4 Å². The van der Waals surface area contributed by atoms with Gasteiger partial charge < -0.3 is 10.6 Å². The van der Waals surface area contributed by atoms with Crippen LogP contribution in [0.4, 0.5) is 0 Å². The van der Waals surface area contributed by atoms with Crippen LogP contribution in [0.3, 0.4) is 0 Å². The average molecular weight is 286 g/mol. The zero-order chi connectivity index (χ0) is 15.2. The number of nitriles is 1. The molecule has 0 aliphatic carbocycles. The fourth-order valence-electron chi connectivity index (χ4n) is 2.37. The lowest BCUT2D eigenvalue weighted by atomic mass is 10.1. The quantitative estimate of drug-likeness (QED) is 0.864. The second-order valence-electron chi connectivity index (χ2n) is 5.05. The zero-order valence-corrected chi connectivity index (χ0v) is 11.8. The first-order valence-electron chi connectivity index (χ1n) is 6.86. The van der Waals surface area contributed by atoms with Crippen molar-refractivity contribution in [3.05, 3.63) is 35.4 Å². The molecule has 6 heteroatoms. The maximum absolute atomic E-state index is 11.6. The van der Waals surface area contributed by atoms with E-state index < -0.39 is 5.91 Å². The van der Waals surface area contributed by atoms with Crippen molar-refractivity contribution in [3.8, 4) is 6.07 Å². The molecule has 1 fully saturated rings. The Morgan fingerprint density at radius 2 is 1.76 bits per heavy atom. The third-order valence-electron chi connectivity index (χ3n) is 3.60. The highest BCUT2D eigenvalue weighted by molar-refractivity contribution is 5.92. The van der Waals surface area contributed by atoms with Crippen LogP contribution in [0.2, 0.25) is 0 Å². The summed E-state index contributed by atoms with van der Waals surface area (Å²) in [4.78, 5) is 26.6. The first kappa shape index (κ1) is 15.0. The molecule has 110 valence electrons. The van der Waals surface area contributed by atoms with Crippen LogP contribution in [-0.2, 0) is 11.3 Å². The Labute approximate surface area is 123 Å². The van der Waals surface area contributed by atoms with Gasteiger partial charge in [-0.15, -0.1) is 0 Å². The summed E-state index contributed by atoms with van der Waals surface area (Å²) in [5.74, 6) is -0.519. The van der Waals surface area contributed by atoms with E-state index in [0.29, 0.717) is 18.7 Å². The van der Waals surface area contributed by atoms with E-state index in [9.17, 15) is 9.59 Å². The average Bonchev–Trinajstić information content (AvgIpc) is 2.49. The molecule has 0 bridgehead atoms. The van der Waals surface area contributed by atoms with Gasteiger partial charge in [-0.3, -0.25) is 14.5 Å². The number of carbonyl (C=O) groups is 2. The highest BCUT2D eigenvalue weighted by atomic mass is 16.2. The number of primary amides is 1. The molecule has 0 radical (unpaired) electrons. The zero-order valence-electron chi connectivity index (χ0n) is 11.8. The largest absolute Gasteiger partial charge is 0.366 e. The van der Waals surface area contributed by atoms with Crippen molar-refractivity contribution in [2.75, 3.05) is 26.2 Å². The van der Waals surface area contributed by atoms with E-state index in [1.807, 2.05) is 18.2 Å². The van der Waals surface area contributed by atoms with Gasteiger partial charge in [0.05, 0.1) is 6.07 Å². The standard InChI is InChI=1S/C15H18N4O2/c16-6-5-14(20)19-9-7-18(8-10-19)11-12-1-3-13(4-2-12)15(17)21/h1-4H,5,7-11H2,(H2,17,21). The van der Waals surface area contributed by atoms with Crippen molar-refractivity contribution >= 4 is 11.8 Å². The predicted molar refractivity (Wildman–Crippen MR) is 77.0 cm³/mol. The number of hydrogen-bond donors (Lipinski definition) is 1. The number of nitrogens with zero attached hydrogens (tertiary/aromatic N) is 3. The molecule has 2 rings (SSSR count). The van der Waals surface area contributed by atoms with Crippen molar-refractivity contribution in [2.45, 2.75) is 13.0 Å². The molecule has 21 heavy (non-hydrogen) atoms. The van der Waals surface area contributed by atoms with Gasteiger partial charge in [0.15, 0.2) is 0 Å². The molecule has 1 aliphatic rings. The summed E-state index contributed by atoms with van der Waals surface area (Å²) in [5.41, 5.74) is 6.82. The first-order valence-corrected chi connectivity index (χ1v) is 6.86. The second-order valence-corrected chi connectivity index (χ2v) is 5.05. The molecule has 0 spiro atoms. The van der Waals surface area contributed by atoms with Gasteiger partial charge in [-0.1, -0.05) is 12.1 Å². The molecule has 0 unspecified atom stereocenters. The maximum atomic E-state index is 11.6. The molecule has 1 aromatic rings. The molecule has 2 amide bonds. The molecular formula is C15H18N4O2. The lowest BCUT2D eigenvalue weighted by Crippen LogP contribution is -2.48. The summed E-state index contributed by atoms with van der Waals surface area (Å²) in [5, 5.41) is 8.53. The SMILES string of the molecule is N#CCC(=O)N1CCN(Cc2ccc(C(N)=O)cc2)CC1. The fraction of sp³-hybridized carbons (Fsp3) is 0.400. The highest BCUT2D eigenvalue weighted by Gasteiger charge is 2.20. The van der Waals surface area contributed by atoms with Gasteiger partial charge in [-0.05, 0) is 17.7 Å². The van der Waals surface area contributed by atoms with Gasteiger partial charge in [0.25, 0.3) is 0 Å². The Balaban J connectivity index is 1.85. The van der Waals surface area contributed by atoms with Crippen molar-refractivity contribution in [1.29, 1.82) is 5.26 Å². The van der Waals surface area contributed by atoms with Crippen LogP contribution in [-0.4, -0.2) is 47.8 Å². The van der Waals surface area contributed by atoms with Crippen LogP contribution in [0.25, 0.3) is 0 Å². The predicted octanol–water partition coefficient (Wildman–Crippen LogP) is 0.343. The molecular weight excluding hydrogens is 268 g/mol. The third kappa shape index (κ3) is 4.04. The first-order chi connectivity index (χ1) is 10.1. The van der Waals surface area contributed by atoms with E-state index in [1.54, 1.807) is 17.0 Å². The molecule has 1 heterocycles. The Morgan fingerprint density at radius 1 is 1.14 bits per heavy atom. The maximum Gasteiger partial charge on any atom is 0.248 e. The fourth-order valence-corrected chi connectivity index (χ4v) is 2.37. The summed E-state index contributed by atoms with van der Waals surface area (Å²) >= 11 is 0. The van der Waals surface area contributed by atoms with Crippen molar-refractivity contribution in [2.24, 2.45) is 5.73 Å². The Kier molecular flexibility index (Phi) is 4.90. The number of carbonyl (C=O) groups excluding carboxylic acids is 2. The number of hydrogen-bond acceptors (Lipinski definition) is 4. The summed E-state index contributed by atoms with van der Waals surface area (Å²) < 4.78 is 0. The van der Waals surface area contributed by atoms with E-state index in [-0.39, 0.29) is 12.3 Å². The molecule has 0 saturated carbocycles. The van der Waals surface area contributed by atoms with Crippen LogP contribution in [0.1, 0.15) is 22.3 Å². The number of amides is 2. The number of piperazine rings is 1. The van der Waals surface area contributed by atoms with Crippen molar-refractivity contribution in [3.63, 3.8) is 0 Å². The number of benzene rings is 1. The lowest BCUT2D eigenvalue weighted by Gasteiger charge is -2.34. The van der Waals surface area contributed by atoms with Gasteiger partial charge in [0.1, 0.15) is 6.42 Å². The molecule has 1 aliphatic heterocycles. The minimum absolute atomic E-state index is 0.0470. The monoisotopic (exact) mass is 286 g/mol. The molecule has 0 atom stereocenters. The van der Waals surface area contributed by atoms with Crippen LogP contribution in [0.15, 0.2) is 24.3 Å². The van der Waals surface area contributed by atoms with Crippen LogP contribution >= 0.6 is 0 Å². The highest BCUT2D eigenvalue weighted by Crippen LogP contribution is 2.10. The molecule has 0 aromatic heterocycles. The second kappa shape index (κ2) is 6.86. The van der Waals surface area contributed by atoms with Crippen LogP contribution < -0.4 is 5.73 Å². The van der Waals surface area contributed by atoms with Gasteiger partial charge >= 0.3 is 0 Å². The summed E-state index contributed by atoms with van der Waals surface area (Å²) in [6.45, 7) is 3.66. The van der Waals surface area contributed by atoms with Crippen molar-refractivity contribution < 1.29 is 9.59 Å². The van der Waals surface area contributed by atoms with E-state index in [4.69, 9.17) is 11.0 Å². The summed E-state index contributed by atoms with van der Waals surface area (Å²) in [7, 11) is 0. The molecule has 6 nitrogen and oxygen atoms in total. The van der Waals surface area contributed by atoms with E-state index in [2.05, 4.69) is 4.90 Å². The normalized spacial score (nSPS) is 15.5. The van der Waals surface area contributed by atoms with E-state index in [1.165, 1.54) is 0 Å². The number of nitrogens with two attached hydrogens (primary N) is 1.